The number of aryl methyl sites for hydroxylation is 2. The molecule has 0 aliphatic heterocycles. The molecule has 0 heterocycles. The van der Waals surface area contributed by atoms with E-state index >= 15 is 0 Å². The fourth-order valence-electron chi connectivity index (χ4n) is 2.57. The summed E-state index contributed by atoms with van der Waals surface area (Å²) in [6.45, 7) is 14.5. The van der Waals surface area contributed by atoms with Crippen molar-refractivity contribution in [1.82, 2.24) is 4.90 Å². The quantitative estimate of drug-likeness (QED) is 0.485. The van der Waals surface area contributed by atoms with Crippen molar-refractivity contribution < 1.29 is 4.74 Å². The van der Waals surface area contributed by atoms with Crippen molar-refractivity contribution in [3.63, 3.8) is 0 Å². The van der Waals surface area contributed by atoms with Crippen LogP contribution in [-0.4, -0.2) is 24.8 Å². The van der Waals surface area contributed by atoms with Gasteiger partial charge in [-0.05, 0) is 60.6 Å². The fraction of sp³-hybridized carbons (Fsp3) is 0.435. The summed E-state index contributed by atoms with van der Waals surface area (Å²) in [5, 5.41) is 0. The van der Waals surface area contributed by atoms with Crippen LogP contribution >= 0.6 is 0 Å². The Bertz CT molecular complexity index is 755. The van der Waals surface area contributed by atoms with Gasteiger partial charge < -0.3 is 9.64 Å². The van der Waals surface area contributed by atoms with E-state index in [4.69, 9.17) is 4.74 Å². The first-order valence-corrected chi connectivity index (χ1v) is 9.28. The summed E-state index contributed by atoms with van der Waals surface area (Å²) in [6.07, 6.45) is 1.87. The zero-order valence-corrected chi connectivity index (χ0v) is 17.3. The van der Waals surface area contributed by atoms with Gasteiger partial charge in [0.15, 0.2) is 0 Å². The standard InChI is InChI=1S/C23H32N2O/c1-8-25(7)16-24-21-13-18(3)22(14-17(21)2)26-15-19-9-11-20(12-10-19)23(4,5)6/h9-14,16H,8,15H2,1-7H3. The summed E-state index contributed by atoms with van der Waals surface area (Å²) in [5.41, 5.74) is 5.91. The lowest BCUT2D eigenvalue weighted by Crippen LogP contribution is -2.14. The summed E-state index contributed by atoms with van der Waals surface area (Å²) in [4.78, 5) is 6.63. The van der Waals surface area contributed by atoms with Gasteiger partial charge in [-0.2, -0.15) is 0 Å². The normalized spacial score (nSPS) is 11.8. The molecule has 0 aliphatic carbocycles. The smallest absolute Gasteiger partial charge is 0.123 e. The molecule has 0 saturated heterocycles. The van der Waals surface area contributed by atoms with Crippen LogP contribution in [0, 0.1) is 13.8 Å². The Morgan fingerprint density at radius 1 is 1.04 bits per heavy atom. The first-order valence-electron chi connectivity index (χ1n) is 9.28. The van der Waals surface area contributed by atoms with E-state index in [1.165, 1.54) is 11.1 Å². The molecule has 0 atom stereocenters. The van der Waals surface area contributed by atoms with Crippen LogP contribution in [0.3, 0.4) is 0 Å². The van der Waals surface area contributed by atoms with E-state index in [9.17, 15) is 0 Å². The molecule has 2 rings (SSSR count). The van der Waals surface area contributed by atoms with Crippen molar-refractivity contribution in [2.75, 3.05) is 13.6 Å². The van der Waals surface area contributed by atoms with Crippen molar-refractivity contribution in [3.8, 4) is 5.75 Å². The van der Waals surface area contributed by atoms with Crippen LogP contribution in [0.4, 0.5) is 5.69 Å². The molecule has 0 fully saturated rings. The van der Waals surface area contributed by atoms with Crippen LogP contribution in [0.5, 0.6) is 5.75 Å². The lowest BCUT2D eigenvalue weighted by Gasteiger charge is -2.19. The number of hydrogen-bond acceptors (Lipinski definition) is 2. The zero-order chi connectivity index (χ0) is 19.3. The second-order valence-corrected chi connectivity index (χ2v) is 7.96. The van der Waals surface area contributed by atoms with Crippen molar-refractivity contribution in [2.24, 2.45) is 4.99 Å². The molecule has 0 saturated carbocycles. The Kier molecular flexibility index (Phi) is 6.47. The number of aliphatic imine (C=N–C) groups is 1. The van der Waals surface area contributed by atoms with Crippen LogP contribution in [0.2, 0.25) is 0 Å². The first kappa shape index (κ1) is 20.0. The molecular formula is C23H32N2O. The molecule has 0 bridgehead atoms. The third-order valence-corrected chi connectivity index (χ3v) is 4.60. The molecule has 0 amide bonds. The number of benzene rings is 2. The summed E-state index contributed by atoms with van der Waals surface area (Å²) >= 11 is 0. The van der Waals surface area contributed by atoms with Gasteiger partial charge in [-0.3, -0.25) is 0 Å². The molecule has 140 valence electrons. The van der Waals surface area contributed by atoms with E-state index in [1.54, 1.807) is 0 Å². The topological polar surface area (TPSA) is 24.8 Å². The van der Waals surface area contributed by atoms with E-state index in [0.29, 0.717) is 6.61 Å². The van der Waals surface area contributed by atoms with Crippen LogP contribution in [0.25, 0.3) is 0 Å². The molecule has 3 nitrogen and oxygen atoms in total. The average molecular weight is 353 g/mol. The number of nitrogens with zero attached hydrogens (tertiary/aromatic N) is 2. The minimum absolute atomic E-state index is 0.176. The Morgan fingerprint density at radius 2 is 1.69 bits per heavy atom. The van der Waals surface area contributed by atoms with E-state index in [2.05, 4.69) is 87.8 Å². The van der Waals surface area contributed by atoms with Gasteiger partial charge in [0.1, 0.15) is 12.4 Å². The highest BCUT2D eigenvalue weighted by molar-refractivity contribution is 5.64. The Labute approximate surface area is 158 Å². The lowest BCUT2D eigenvalue weighted by atomic mass is 9.87. The van der Waals surface area contributed by atoms with E-state index < -0.39 is 0 Å². The maximum Gasteiger partial charge on any atom is 0.123 e. The molecule has 3 heteroatoms. The molecule has 0 aliphatic rings. The van der Waals surface area contributed by atoms with Gasteiger partial charge in [0, 0.05) is 13.6 Å². The van der Waals surface area contributed by atoms with Crippen molar-refractivity contribution in [3.05, 3.63) is 58.7 Å². The van der Waals surface area contributed by atoms with Gasteiger partial charge in [-0.1, -0.05) is 45.0 Å². The fourth-order valence-corrected chi connectivity index (χ4v) is 2.57. The van der Waals surface area contributed by atoms with E-state index in [1.807, 2.05) is 13.4 Å². The monoisotopic (exact) mass is 352 g/mol. The molecule has 26 heavy (non-hydrogen) atoms. The molecule has 2 aromatic rings. The molecule has 0 radical (unpaired) electrons. The third kappa shape index (κ3) is 5.35. The van der Waals surface area contributed by atoms with Crippen LogP contribution in [0.15, 0.2) is 41.4 Å². The van der Waals surface area contributed by atoms with Gasteiger partial charge >= 0.3 is 0 Å². The molecule has 0 spiro atoms. The zero-order valence-electron chi connectivity index (χ0n) is 17.3. The highest BCUT2D eigenvalue weighted by atomic mass is 16.5. The second kappa shape index (κ2) is 8.39. The van der Waals surface area contributed by atoms with Crippen molar-refractivity contribution in [1.29, 1.82) is 0 Å². The SMILES string of the molecule is CCN(C)C=Nc1cc(C)c(OCc2ccc(C(C)(C)C)cc2)cc1C. The molecule has 0 unspecified atom stereocenters. The average Bonchev–Trinajstić information content (AvgIpc) is 2.60. The molecule has 0 N–H and O–H groups in total. The predicted molar refractivity (Wildman–Crippen MR) is 112 cm³/mol. The number of ether oxygens (including phenoxy) is 1. The highest BCUT2D eigenvalue weighted by Gasteiger charge is 2.13. The third-order valence-electron chi connectivity index (χ3n) is 4.60. The van der Waals surface area contributed by atoms with Gasteiger partial charge in [0.25, 0.3) is 0 Å². The summed E-state index contributed by atoms with van der Waals surface area (Å²) in [5.74, 6) is 0.921. The maximum atomic E-state index is 6.07. The molecular weight excluding hydrogens is 320 g/mol. The predicted octanol–water partition coefficient (Wildman–Crippen LogP) is 5.79. The van der Waals surface area contributed by atoms with Crippen LogP contribution in [-0.2, 0) is 12.0 Å². The van der Waals surface area contributed by atoms with Crippen molar-refractivity contribution >= 4 is 12.0 Å². The first-order chi connectivity index (χ1) is 12.2. The van der Waals surface area contributed by atoms with E-state index in [-0.39, 0.29) is 5.41 Å². The molecule has 0 aromatic heterocycles. The van der Waals surface area contributed by atoms with Crippen molar-refractivity contribution in [2.45, 2.75) is 53.6 Å². The summed E-state index contributed by atoms with van der Waals surface area (Å²) in [6, 6.07) is 12.9. The summed E-state index contributed by atoms with van der Waals surface area (Å²) in [7, 11) is 2.02. The Morgan fingerprint density at radius 3 is 2.27 bits per heavy atom. The number of rotatable bonds is 6. The summed E-state index contributed by atoms with van der Waals surface area (Å²) < 4.78 is 6.07. The van der Waals surface area contributed by atoms with Gasteiger partial charge in [-0.15, -0.1) is 0 Å². The van der Waals surface area contributed by atoms with Crippen LogP contribution < -0.4 is 4.74 Å². The molecule has 2 aromatic carbocycles. The largest absolute Gasteiger partial charge is 0.489 e. The Balaban J connectivity index is 2.08. The van der Waals surface area contributed by atoms with Gasteiger partial charge in [0.2, 0.25) is 0 Å². The minimum Gasteiger partial charge on any atom is -0.489 e. The second-order valence-electron chi connectivity index (χ2n) is 7.96. The van der Waals surface area contributed by atoms with Crippen LogP contribution in [0.1, 0.15) is 49.9 Å². The Hall–Kier alpha value is -2.29. The highest BCUT2D eigenvalue weighted by Crippen LogP contribution is 2.29. The lowest BCUT2D eigenvalue weighted by molar-refractivity contribution is 0.304. The minimum atomic E-state index is 0.176. The maximum absolute atomic E-state index is 6.07. The van der Waals surface area contributed by atoms with Gasteiger partial charge in [0.05, 0.1) is 12.0 Å². The number of hydrogen-bond donors (Lipinski definition) is 0. The van der Waals surface area contributed by atoms with Gasteiger partial charge in [-0.25, -0.2) is 4.99 Å². The van der Waals surface area contributed by atoms with E-state index in [0.717, 1.165) is 29.1 Å².